The molecule has 2 aliphatic rings. The summed E-state index contributed by atoms with van der Waals surface area (Å²) < 4.78 is 1.20. The molecule has 0 spiro atoms. The maximum absolute atomic E-state index is 12.3. The van der Waals surface area contributed by atoms with E-state index in [2.05, 4.69) is 50.1 Å². The summed E-state index contributed by atoms with van der Waals surface area (Å²) in [5.41, 5.74) is 0. The summed E-state index contributed by atoms with van der Waals surface area (Å²) in [6, 6.07) is 4.71. The summed E-state index contributed by atoms with van der Waals surface area (Å²) >= 11 is 5.34. The summed E-state index contributed by atoms with van der Waals surface area (Å²) in [7, 11) is 0. The Bertz CT molecular complexity index is 542. The first-order valence-corrected chi connectivity index (χ1v) is 10.7. The summed E-state index contributed by atoms with van der Waals surface area (Å²) in [5.74, 6) is 0.842. The summed E-state index contributed by atoms with van der Waals surface area (Å²) in [5, 5.41) is 3.27. The van der Waals surface area contributed by atoms with E-state index in [1.165, 1.54) is 27.9 Å². The molecule has 0 bridgehead atoms. The molecule has 4 nitrogen and oxygen atoms in total. The fraction of sp³-hybridized carbons (Fsp3) is 0.722. The van der Waals surface area contributed by atoms with Crippen molar-refractivity contribution in [2.75, 3.05) is 32.7 Å². The fourth-order valence-electron chi connectivity index (χ4n) is 3.75. The van der Waals surface area contributed by atoms with Crippen LogP contribution in [0.3, 0.4) is 0 Å². The molecule has 24 heavy (non-hydrogen) atoms. The molecule has 2 fully saturated rings. The van der Waals surface area contributed by atoms with Crippen molar-refractivity contribution in [2.45, 2.75) is 45.2 Å². The van der Waals surface area contributed by atoms with Gasteiger partial charge in [0.15, 0.2) is 0 Å². The summed E-state index contributed by atoms with van der Waals surface area (Å²) in [6.07, 6.45) is 4.97. The number of halogens is 1. The number of hydrogen-bond acceptors (Lipinski definition) is 4. The van der Waals surface area contributed by atoms with E-state index in [9.17, 15) is 4.79 Å². The topological polar surface area (TPSA) is 35.6 Å². The molecule has 0 radical (unpaired) electrons. The molecule has 0 unspecified atom stereocenters. The highest BCUT2D eigenvalue weighted by atomic mass is 79.9. The van der Waals surface area contributed by atoms with E-state index >= 15 is 0 Å². The first kappa shape index (κ1) is 18.4. The third-order valence-electron chi connectivity index (χ3n) is 5.30. The lowest BCUT2D eigenvalue weighted by Gasteiger charge is -2.35. The van der Waals surface area contributed by atoms with E-state index < -0.39 is 0 Å². The number of rotatable bonds is 5. The van der Waals surface area contributed by atoms with Crippen LogP contribution in [0.2, 0.25) is 0 Å². The second-order valence-corrected chi connectivity index (χ2v) is 9.74. The molecule has 1 saturated heterocycles. The minimum absolute atomic E-state index is 0.212. The van der Waals surface area contributed by atoms with Gasteiger partial charge in [-0.05, 0) is 46.8 Å². The van der Waals surface area contributed by atoms with Crippen molar-refractivity contribution in [2.24, 2.45) is 5.92 Å². The standard InChI is InChI=1S/C18H28BrN3OS/c1-14-4-2-3-5-16(14)20-18(23)13-22-10-8-21(9-11-22)12-15-6-7-17(19)24-15/h6-7,14,16H,2-5,8-13H2,1H3,(H,20,23)/t14-,16+/m1/s1. The second-order valence-electron chi connectivity index (χ2n) is 7.19. The summed E-state index contributed by atoms with van der Waals surface area (Å²) in [6.45, 7) is 7.91. The molecule has 1 aromatic heterocycles. The number of nitrogens with zero attached hydrogens (tertiary/aromatic N) is 2. The Hall–Kier alpha value is -0.430. The van der Waals surface area contributed by atoms with Crippen molar-refractivity contribution >= 4 is 33.2 Å². The minimum atomic E-state index is 0.212. The van der Waals surface area contributed by atoms with Gasteiger partial charge < -0.3 is 5.32 Å². The molecule has 1 aliphatic carbocycles. The molecule has 134 valence electrons. The maximum atomic E-state index is 12.3. The molecule has 6 heteroatoms. The Morgan fingerprint density at radius 2 is 1.92 bits per heavy atom. The first-order chi connectivity index (χ1) is 11.6. The lowest BCUT2D eigenvalue weighted by atomic mass is 9.86. The molecule has 3 rings (SSSR count). The van der Waals surface area contributed by atoms with Gasteiger partial charge in [-0.3, -0.25) is 14.6 Å². The highest BCUT2D eigenvalue weighted by Crippen LogP contribution is 2.24. The van der Waals surface area contributed by atoms with E-state index in [1.807, 2.05) is 11.3 Å². The number of hydrogen-bond donors (Lipinski definition) is 1. The van der Waals surface area contributed by atoms with Crippen LogP contribution in [0.4, 0.5) is 0 Å². The normalized spacial score (nSPS) is 26.4. The van der Waals surface area contributed by atoms with Crippen molar-refractivity contribution in [3.8, 4) is 0 Å². The molecule has 1 aliphatic heterocycles. The third-order valence-corrected chi connectivity index (χ3v) is 6.91. The van der Waals surface area contributed by atoms with Crippen molar-refractivity contribution in [3.63, 3.8) is 0 Å². The Morgan fingerprint density at radius 1 is 1.21 bits per heavy atom. The highest BCUT2D eigenvalue weighted by Gasteiger charge is 2.24. The van der Waals surface area contributed by atoms with E-state index in [1.54, 1.807) is 0 Å². The van der Waals surface area contributed by atoms with E-state index in [0.717, 1.165) is 39.1 Å². The third kappa shape index (κ3) is 5.28. The van der Waals surface area contributed by atoms with Crippen molar-refractivity contribution in [1.82, 2.24) is 15.1 Å². The second kappa shape index (κ2) is 8.79. The van der Waals surface area contributed by atoms with Crippen LogP contribution in [0.5, 0.6) is 0 Å². The molecule has 1 aromatic rings. The molecular formula is C18H28BrN3OS. The lowest BCUT2D eigenvalue weighted by molar-refractivity contribution is -0.124. The molecule has 2 atom stereocenters. The van der Waals surface area contributed by atoms with Gasteiger partial charge in [-0.1, -0.05) is 19.8 Å². The zero-order valence-corrected chi connectivity index (χ0v) is 16.9. The van der Waals surface area contributed by atoms with Crippen molar-refractivity contribution in [1.29, 1.82) is 0 Å². The van der Waals surface area contributed by atoms with Crippen molar-refractivity contribution in [3.05, 3.63) is 20.8 Å². The van der Waals surface area contributed by atoms with Crippen LogP contribution >= 0.6 is 27.3 Å². The average Bonchev–Trinajstić information content (AvgIpc) is 2.96. The Morgan fingerprint density at radius 3 is 2.58 bits per heavy atom. The van der Waals surface area contributed by atoms with Gasteiger partial charge in [-0.2, -0.15) is 0 Å². The van der Waals surface area contributed by atoms with Crippen LogP contribution in [0.25, 0.3) is 0 Å². The first-order valence-electron chi connectivity index (χ1n) is 9.08. The Kier molecular flexibility index (Phi) is 6.72. The number of thiophene rings is 1. The van der Waals surface area contributed by atoms with Gasteiger partial charge in [-0.25, -0.2) is 0 Å². The fourth-order valence-corrected chi connectivity index (χ4v) is 5.27. The van der Waals surface area contributed by atoms with E-state index in [0.29, 0.717) is 18.5 Å². The Labute approximate surface area is 157 Å². The molecular weight excluding hydrogens is 386 g/mol. The number of amides is 1. The lowest BCUT2D eigenvalue weighted by Crippen LogP contribution is -2.51. The van der Waals surface area contributed by atoms with Gasteiger partial charge in [-0.15, -0.1) is 11.3 Å². The zero-order chi connectivity index (χ0) is 16.9. The van der Waals surface area contributed by atoms with Gasteiger partial charge in [0.1, 0.15) is 0 Å². The van der Waals surface area contributed by atoms with Gasteiger partial charge >= 0.3 is 0 Å². The van der Waals surface area contributed by atoms with Crippen LogP contribution in [-0.2, 0) is 11.3 Å². The minimum Gasteiger partial charge on any atom is -0.352 e. The van der Waals surface area contributed by atoms with Crippen LogP contribution < -0.4 is 5.32 Å². The maximum Gasteiger partial charge on any atom is 0.234 e. The zero-order valence-electron chi connectivity index (χ0n) is 14.5. The molecule has 1 N–H and O–H groups in total. The monoisotopic (exact) mass is 413 g/mol. The molecule has 0 aromatic carbocycles. The van der Waals surface area contributed by atoms with Gasteiger partial charge in [0.05, 0.1) is 10.3 Å². The number of piperazine rings is 1. The molecule has 2 heterocycles. The molecule has 1 saturated carbocycles. The van der Waals surface area contributed by atoms with Gasteiger partial charge in [0.2, 0.25) is 5.91 Å². The quantitative estimate of drug-likeness (QED) is 0.803. The smallest absolute Gasteiger partial charge is 0.234 e. The van der Waals surface area contributed by atoms with Crippen molar-refractivity contribution < 1.29 is 4.79 Å². The predicted octanol–water partition coefficient (Wildman–Crippen LogP) is 3.32. The number of carbonyl (C=O) groups is 1. The van der Waals surface area contributed by atoms with Crippen LogP contribution in [0.1, 0.15) is 37.5 Å². The van der Waals surface area contributed by atoms with E-state index in [-0.39, 0.29) is 5.91 Å². The largest absolute Gasteiger partial charge is 0.352 e. The van der Waals surface area contributed by atoms with E-state index in [4.69, 9.17) is 0 Å². The van der Waals surface area contributed by atoms with Crippen LogP contribution in [-0.4, -0.2) is 54.5 Å². The van der Waals surface area contributed by atoms with Crippen LogP contribution in [0.15, 0.2) is 15.9 Å². The Balaban J connectivity index is 1.37. The SMILES string of the molecule is C[C@@H]1CCCC[C@@H]1NC(=O)CN1CCN(Cc2ccc(Br)s2)CC1. The predicted molar refractivity (Wildman–Crippen MR) is 103 cm³/mol. The number of nitrogens with one attached hydrogen (secondary N) is 1. The molecule has 1 amide bonds. The number of carbonyl (C=O) groups excluding carboxylic acids is 1. The summed E-state index contributed by atoms with van der Waals surface area (Å²) in [4.78, 5) is 18.5. The van der Waals surface area contributed by atoms with Crippen LogP contribution in [0, 0.1) is 5.92 Å². The average molecular weight is 414 g/mol. The van der Waals surface area contributed by atoms with Gasteiger partial charge in [0, 0.05) is 43.6 Å². The highest BCUT2D eigenvalue weighted by molar-refractivity contribution is 9.11. The van der Waals surface area contributed by atoms with Gasteiger partial charge in [0.25, 0.3) is 0 Å².